The number of methoxy groups -OCH3 is 1. The van der Waals surface area contributed by atoms with Crippen LogP contribution in [0, 0.1) is 5.92 Å². The maximum Gasteiger partial charge on any atom is 0.310 e. The van der Waals surface area contributed by atoms with Crippen molar-refractivity contribution in [3.05, 3.63) is 76.9 Å². The average molecular weight is 385 g/mol. The van der Waals surface area contributed by atoms with Crippen molar-refractivity contribution in [1.29, 1.82) is 0 Å². The molecule has 1 heterocycles. The minimum absolute atomic E-state index is 0.272. The Morgan fingerprint density at radius 2 is 1.93 bits per heavy atom. The van der Waals surface area contributed by atoms with Gasteiger partial charge in [0.1, 0.15) is 0 Å². The zero-order chi connectivity index (χ0) is 19.1. The number of ether oxygens (including phenoxy) is 1. The predicted octanol–water partition coefficient (Wildman–Crippen LogP) is 4.12. The van der Waals surface area contributed by atoms with Crippen LogP contribution in [-0.2, 0) is 22.5 Å². The van der Waals surface area contributed by atoms with Gasteiger partial charge < -0.3 is 14.6 Å². The van der Waals surface area contributed by atoms with E-state index in [4.69, 9.17) is 20.9 Å². The van der Waals surface area contributed by atoms with Crippen LogP contribution in [0.2, 0.25) is 5.02 Å². The number of carbonyl (C=O) groups is 1. The lowest BCUT2D eigenvalue weighted by molar-refractivity contribution is -0.145. The Hall–Kier alpha value is -2.63. The molecule has 0 amide bonds. The van der Waals surface area contributed by atoms with Gasteiger partial charge in [0.15, 0.2) is 5.76 Å². The molecule has 1 N–H and O–H groups in total. The summed E-state index contributed by atoms with van der Waals surface area (Å²) in [7, 11) is 1.40. The highest BCUT2D eigenvalue weighted by Gasteiger charge is 2.21. The lowest BCUT2D eigenvalue weighted by atomic mass is 10.0. The van der Waals surface area contributed by atoms with Gasteiger partial charge in [0.2, 0.25) is 0 Å². The van der Waals surface area contributed by atoms with Gasteiger partial charge in [0.05, 0.1) is 18.7 Å². The van der Waals surface area contributed by atoms with E-state index in [9.17, 15) is 4.79 Å². The second-order valence-corrected chi connectivity index (χ2v) is 6.67. The average Bonchev–Trinajstić information content (AvgIpc) is 3.16. The molecule has 0 aliphatic heterocycles. The first-order chi connectivity index (χ1) is 13.2. The third-order valence-electron chi connectivity index (χ3n) is 4.24. The summed E-state index contributed by atoms with van der Waals surface area (Å²) in [4.78, 5) is 12.1. The van der Waals surface area contributed by atoms with Crippen LogP contribution in [-0.4, -0.2) is 24.8 Å². The Bertz CT molecular complexity index is 863. The zero-order valence-electron chi connectivity index (χ0n) is 15.0. The molecule has 0 saturated heterocycles. The summed E-state index contributed by atoms with van der Waals surface area (Å²) in [5.41, 5.74) is 2.75. The van der Waals surface area contributed by atoms with Crippen LogP contribution in [0.5, 0.6) is 0 Å². The van der Waals surface area contributed by atoms with Gasteiger partial charge in [-0.05, 0) is 29.8 Å². The van der Waals surface area contributed by atoms with Crippen molar-refractivity contribution in [3.8, 4) is 11.3 Å². The maximum atomic E-state index is 12.1. The Morgan fingerprint density at radius 1 is 1.19 bits per heavy atom. The molecule has 3 rings (SSSR count). The number of hydrogen-bond acceptors (Lipinski definition) is 5. The van der Waals surface area contributed by atoms with Crippen LogP contribution in [0.1, 0.15) is 11.3 Å². The van der Waals surface area contributed by atoms with Crippen LogP contribution in [0.15, 0.2) is 65.2 Å². The van der Waals surface area contributed by atoms with Gasteiger partial charge in [-0.2, -0.15) is 0 Å². The Balaban J connectivity index is 1.62. The van der Waals surface area contributed by atoms with Crippen LogP contribution >= 0.6 is 11.6 Å². The van der Waals surface area contributed by atoms with Crippen LogP contribution in [0.25, 0.3) is 11.3 Å². The predicted molar refractivity (Wildman–Crippen MR) is 104 cm³/mol. The van der Waals surface area contributed by atoms with E-state index in [1.807, 2.05) is 48.5 Å². The number of hydrogen-bond donors (Lipinski definition) is 1. The van der Waals surface area contributed by atoms with Gasteiger partial charge in [0, 0.05) is 36.2 Å². The highest BCUT2D eigenvalue weighted by Crippen LogP contribution is 2.23. The molecular formula is C21H21ClN2O3. The summed E-state index contributed by atoms with van der Waals surface area (Å²) in [5.74, 6) is 0.0241. The van der Waals surface area contributed by atoms with E-state index in [2.05, 4.69) is 10.5 Å². The summed E-state index contributed by atoms with van der Waals surface area (Å²) in [6, 6.07) is 19.2. The molecular weight excluding hydrogens is 364 g/mol. The number of benzene rings is 2. The molecule has 5 nitrogen and oxygen atoms in total. The summed E-state index contributed by atoms with van der Waals surface area (Å²) >= 11 is 5.91. The molecule has 1 atom stereocenters. The van der Waals surface area contributed by atoms with Gasteiger partial charge in [-0.1, -0.05) is 47.1 Å². The van der Waals surface area contributed by atoms with Crippen LogP contribution in [0.3, 0.4) is 0 Å². The molecule has 2 aromatic carbocycles. The fourth-order valence-corrected chi connectivity index (χ4v) is 2.93. The van der Waals surface area contributed by atoms with Crippen molar-refractivity contribution in [2.75, 3.05) is 13.7 Å². The number of nitrogens with one attached hydrogen (secondary N) is 1. The SMILES string of the molecule is COC(=O)C(CNCc1ccccc1)Cc1cc(-c2ccc(Cl)cc2)on1. The molecule has 0 saturated carbocycles. The first kappa shape index (κ1) is 19.1. The van der Waals surface area contributed by atoms with E-state index in [-0.39, 0.29) is 11.9 Å². The van der Waals surface area contributed by atoms with Gasteiger partial charge in [-0.3, -0.25) is 4.79 Å². The van der Waals surface area contributed by atoms with Gasteiger partial charge in [-0.25, -0.2) is 0 Å². The van der Waals surface area contributed by atoms with E-state index in [0.29, 0.717) is 36.0 Å². The number of esters is 1. The minimum atomic E-state index is -0.345. The molecule has 6 heteroatoms. The van der Waals surface area contributed by atoms with Crippen molar-refractivity contribution in [1.82, 2.24) is 10.5 Å². The lowest BCUT2D eigenvalue weighted by Crippen LogP contribution is -2.30. The minimum Gasteiger partial charge on any atom is -0.469 e. The molecule has 140 valence electrons. The monoisotopic (exact) mass is 384 g/mol. The molecule has 0 aliphatic carbocycles. The van der Waals surface area contributed by atoms with E-state index in [1.165, 1.54) is 7.11 Å². The third-order valence-corrected chi connectivity index (χ3v) is 4.49. The highest BCUT2D eigenvalue weighted by atomic mass is 35.5. The van der Waals surface area contributed by atoms with E-state index in [0.717, 1.165) is 11.1 Å². The number of aromatic nitrogens is 1. The molecule has 3 aromatic rings. The molecule has 0 spiro atoms. The first-order valence-electron chi connectivity index (χ1n) is 8.69. The van der Waals surface area contributed by atoms with Crippen molar-refractivity contribution in [2.24, 2.45) is 5.92 Å². The van der Waals surface area contributed by atoms with Crippen molar-refractivity contribution >= 4 is 17.6 Å². The lowest BCUT2D eigenvalue weighted by Gasteiger charge is -2.14. The standard InChI is InChI=1S/C21H21ClN2O3/c1-26-21(25)17(14-23-13-15-5-3-2-4-6-15)11-19-12-20(27-24-19)16-7-9-18(22)10-8-16/h2-10,12,17,23H,11,13-14H2,1H3. The zero-order valence-corrected chi connectivity index (χ0v) is 15.8. The summed E-state index contributed by atoms with van der Waals surface area (Å²) in [5, 5.41) is 8.06. The second-order valence-electron chi connectivity index (χ2n) is 6.23. The maximum absolute atomic E-state index is 12.1. The topological polar surface area (TPSA) is 64.4 Å². The third kappa shape index (κ3) is 5.42. The number of nitrogens with zero attached hydrogens (tertiary/aromatic N) is 1. The smallest absolute Gasteiger partial charge is 0.310 e. The van der Waals surface area contributed by atoms with E-state index in [1.54, 1.807) is 12.1 Å². The first-order valence-corrected chi connectivity index (χ1v) is 9.07. The fourth-order valence-electron chi connectivity index (χ4n) is 2.80. The van der Waals surface area contributed by atoms with Crippen molar-refractivity contribution in [3.63, 3.8) is 0 Å². The van der Waals surface area contributed by atoms with Crippen LogP contribution in [0.4, 0.5) is 0 Å². The quantitative estimate of drug-likeness (QED) is 0.592. The van der Waals surface area contributed by atoms with E-state index >= 15 is 0 Å². The molecule has 0 fully saturated rings. The van der Waals surface area contributed by atoms with Crippen LogP contribution < -0.4 is 5.32 Å². The largest absolute Gasteiger partial charge is 0.469 e. The van der Waals surface area contributed by atoms with Gasteiger partial charge in [0.25, 0.3) is 0 Å². The molecule has 0 bridgehead atoms. The van der Waals surface area contributed by atoms with E-state index < -0.39 is 0 Å². The molecule has 0 aliphatic rings. The summed E-state index contributed by atoms with van der Waals surface area (Å²) in [6.07, 6.45) is 0.436. The summed E-state index contributed by atoms with van der Waals surface area (Å²) in [6.45, 7) is 1.17. The molecule has 27 heavy (non-hydrogen) atoms. The Kier molecular flexibility index (Phi) is 6.63. The van der Waals surface area contributed by atoms with Gasteiger partial charge in [-0.15, -0.1) is 0 Å². The Morgan fingerprint density at radius 3 is 2.63 bits per heavy atom. The molecule has 1 unspecified atom stereocenters. The summed E-state index contributed by atoms with van der Waals surface area (Å²) < 4.78 is 10.4. The number of rotatable bonds is 8. The number of carbonyl (C=O) groups excluding carboxylic acids is 1. The molecule has 1 aromatic heterocycles. The normalized spacial score (nSPS) is 11.9. The molecule has 0 radical (unpaired) electrons. The fraction of sp³-hybridized carbons (Fsp3) is 0.238. The van der Waals surface area contributed by atoms with Gasteiger partial charge >= 0.3 is 5.97 Å². The Labute approximate surface area is 163 Å². The second kappa shape index (κ2) is 9.35. The number of halogens is 1. The van der Waals surface area contributed by atoms with Crippen molar-refractivity contribution < 1.29 is 14.1 Å². The highest BCUT2D eigenvalue weighted by molar-refractivity contribution is 6.30. The van der Waals surface area contributed by atoms with Crippen molar-refractivity contribution in [2.45, 2.75) is 13.0 Å².